The molecule has 3 aromatic rings. The van der Waals surface area contributed by atoms with Crippen molar-refractivity contribution in [1.82, 2.24) is 19.9 Å². The van der Waals surface area contributed by atoms with E-state index >= 15 is 0 Å². The van der Waals surface area contributed by atoms with Crippen molar-refractivity contribution in [3.63, 3.8) is 0 Å². The van der Waals surface area contributed by atoms with Gasteiger partial charge in [-0.15, -0.1) is 11.3 Å². The number of carbonyl (C=O) groups excluding carboxylic acids is 2. The molecule has 0 bridgehead atoms. The van der Waals surface area contributed by atoms with Gasteiger partial charge >= 0.3 is 0 Å². The van der Waals surface area contributed by atoms with Gasteiger partial charge in [-0.2, -0.15) is 0 Å². The van der Waals surface area contributed by atoms with Crippen molar-refractivity contribution in [3.8, 4) is 0 Å². The molecular formula is C18H17F2N5O2S. The molecule has 7 nitrogen and oxygen atoms in total. The molecule has 0 aliphatic heterocycles. The fourth-order valence-corrected chi connectivity index (χ4v) is 3.00. The van der Waals surface area contributed by atoms with Gasteiger partial charge in [0.1, 0.15) is 16.5 Å². The van der Waals surface area contributed by atoms with Gasteiger partial charge in [0.15, 0.2) is 0 Å². The van der Waals surface area contributed by atoms with Crippen molar-refractivity contribution >= 4 is 28.8 Å². The van der Waals surface area contributed by atoms with E-state index in [1.807, 2.05) is 18.4 Å². The molecule has 1 aromatic carbocycles. The van der Waals surface area contributed by atoms with Gasteiger partial charge in [0.25, 0.3) is 11.8 Å². The molecule has 0 saturated heterocycles. The average molecular weight is 405 g/mol. The minimum Gasteiger partial charge on any atom is -0.350 e. The molecule has 2 amide bonds. The highest BCUT2D eigenvalue weighted by Gasteiger charge is 2.18. The number of nitrogens with zero attached hydrogens (tertiary/aromatic N) is 3. The number of hydrogen-bond acceptors (Lipinski definition) is 5. The van der Waals surface area contributed by atoms with Crippen LogP contribution in [0, 0.1) is 25.5 Å². The van der Waals surface area contributed by atoms with E-state index in [0.29, 0.717) is 12.6 Å². The van der Waals surface area contributed by atoms with Crippen LogP contribution in [0.25, 0.3) is 0 Å². The number of carbonyl (C=O) groups is 2. The first-order valence-electron chi connectivity index (χ1n) is 8.32. The summed E-state index contributed by atoms with van der Waals surface area (Å²) in [5.74, 6) is -3.29. The van der Waals surface area contributed by atoms with Crippen molar-refractivity contribution in [3.05, 3.63) is 63.6 Å². The zero-order valence-electron chi connectivity index (χ0n) is 15.1. The molecular weight excluding hydrogens is 388 g/mol. The van der Waals surface area contributed by atoms with E-state index in [-0.39, 0.29) is 22.7 Å². The number of hydrogen-bond donors (Lipinski definition) is 2. The number of aryl methyl sites for hydroxylation is 1. The summed E-state index contributed by atoms with van der Waals surface area (Å²) in [6.07, 6.45) is 2.98. The second-order valence-corrected chi connectivity index (χ2v) is 6.88. The van der Waals surface area contributed by atoms with Crippen molar-refractivity contribution in [2.45, 2.75) is 20.4 Å². The third kappa shape index (κ3) is 4.22. The normalized spacial score (nSPS) is 10.7. The van der Waals surface area contributed by atoms with Crippen molar-refractivity contribution in [2.75, 3.05) is 11.9 Å². The summed E-state index contributed by atoms with van der Waals surface area (Å²) in [5, 5.41) is 4.91. The monoisotopic (exact) mass is 405 g/mol. The first-order chi connectivity index (χ1) is 13.4. The molecule has 2 N–H and O–H groups in total. The van der Waals surface area contributed by atoms with Gasteiger partial charge in [0.05, 0.1) is 35.0 Å². The highest BCUT2D eigenvalue weighted by molar-refractivity contribution is 7.11. The number of rotatable bonds is 6. The highest BCUT2D eigenvalue weighted by atomic mass is 32.1. The zero-order chi connectivity index (χ0) is 20.3. The molecule has 0 aliphatic carbocycles. The first kappa shape index (κ1) is 19.6. The predicted octanol–water partition coefficient (Wildman–Crippen LogP) is 2.92. The van der Waals surface area contributed by atoms with Crippen LogP contribution in [0.15, 0.2) is 30.2 Å². The molecule has 0 atom stereocenters. The Morgan fingerprint density at radius 2 is 1.96 bits per heavy atom. The Balaban J connectivity index is 1.69. The fourth-order valence-electron chi connectivity index (χ4n) is 2.49. The predicted molar refractivity (Wildman–Crippen MR) is 100 cm³/mol. The Morgan fingerprint density at radius 1 is 1.18 bits per heavy atom. The number of benzene rings is 1. The zero-order valence-corrected chi connectivity index (χ0v) is 15.9. The van der Waals surface area contributed by atoms with E-state index in [0.717, 1.165) is 28.8 Å². The molecule has 146 valence electrons. The molecule has 0 saturated carbocycles. The Labute approximate surface area is 163 Å². The van der Waals surface area contributed by atoms with Crippen LogP contribution in [0.2, 0.25) is 0 Å². The molecule has 0 aliphatic rings. The number of halogens is 2. The van der Waals surface area contributed by atoms with Gasteiger partial charge in [0.2, 0.25) is 0 Å². The lowest BCUT2D eigenvalue weighted by atomic mass is 10.1. The Hall–Kier alpha value is -3.14. The van der Waals surface area contributed by atoms with Crippen LogP contribution in [-0.2, 0) is 6.54 Å². The van der Waals surface area contributed by atoms with Crippen LogP contribution >= 0.6 is 11.3 Å². The lowest BCUT2D eigenvalue weighted by Gasteiger charge is -2.11. The van der Waals surface area contributed by atoms with Crippen LogP contribution in [0.4, 0.5) is 14.5 Å². The lowest BCUT2D eigenvalue weighted by Crippen LogP contribution is -2.28. The third-order valence-corrected chi connectivity index (χ3v) is 4.96. The summed E-state index contributed by atoms with van der Waals surface area (Å²) in [4.78, 5) is 32.5. The van der Waals surface area contributed by atoms with Crippen LogP contribution in [0.5, 0.6) is 0 Å². The molecule has 2 aromatic heterocycles. The van der Waals surface area contributed by atoms with Crippen LogP contribution in [0.3, 0.4) is 0 Å². The molecule has 3 rings (SSSR count). The highest BCUT2D eigenvalue weighted by Crippen LogP contribution is 2.21. The smallest absolute Gasteiger partial charge is 0.267 e. The molecule has 0 spiro atoms. The second-order valence-electron chi connectivity index (χ2n) is 6.00. The molecule has 0 fully saturated rings. The SMILES string of the molecule is Cc1ncn(CCNC(=O)c2cc(NC(=O)c3cncs3)c(F)cc2F)c1C. The standard InChI is InChI=1S/C18H17F2N5O2S/c1-10-11(2)25(8-23-10)4-3-22-17(26)12-5-15(14(20)6-13(12)19)24-18(27)16-7-21-9-28-16/h5-9H,3-4H2,1-2H3,(H,22,26)(H,24,27). The van der Waals surface area contributed by atoms with Crippen molar-refractivity contribution in [2.24, 2.45) is 0 Å². The summed E-state index contributed by atoms with van der Waals surface area (Å²) < 4.78 is 29.9. The largest absolute Gasteiger partial charge is 0.350 e. The Morgan fingerprint density at radius 3 is 2.61 bits per heavy atom. The Bertz CT molecular complexity index is 1020. The van der Waals surface area contributed by atoms with E-state index in [9.17, 15) is 18.4 Å². The summed E-state index contributed by atoms with van der Waals surface area (Å²) in [6, 6.07) is 1.55. The lowest BCUT2D eigenvalue weighted by molar-refractivity contribution is 0.0946. The van der Waals surface area contributed by atoms with Crippen LogP contribution in [-0.4, -0.2) is 32.9 Å². The maximum Gasteiger partial charge on any atom is 0.267 e. The van der Waals surface area contributed by atoms with E-state index < -0.39 is 23.4 Å². The van der Waals surface area contributed by atoms with E-state index in [2.05, 4.69) is 20.6 Å². The summed E-state index contributed by atoms with van der Waals surface area (Å²) in [7, 11) is 0. The third-order valence-electron chi connectivity index (χ3n) is 4.19. The van der Waals surface area contributed by atoms with E-state index in [4.69, 9.17) is 0 Å². The summed E-state index contributed by atoms with van der Waals surface area (Å²) in [6.45, 7) is 4.47. The molecule has 28 heavy (non-hydrogen) atoms. The Kier molecular flexibility index (Phi) is 5.78. The van der Waals surface area contributed by atoms with Crippen LogP contribution in [0.1, 0.15) is 31.4 Å². The van der Waals surface area contributed by atoms with Gasteiger partial charge in [-0.1, -0.05) is 0 Å². The average Bonchev–Trinajstić information content (AvgIpc) is 3.29. The maximum atomic E-state index is 14.1. The van der Waals surface area contributed by atoms with Gasteiger partial charge in [-0.05, 0) is 19.9 Å². The van der Waals surface area contributed by atoms with Gasteiger partial charge in [-0.25, -0.2) is 13.8 Å². The summed E-state index contributed by atoms with van der Waals surface area (Å²) in [5.41, 5.74) is 2.66. The molecule has 0 unspecified atom stereocenters. The van der Waals surface area contributed by atoms with Gasteiger partial charge < -0.3 is 15.2 Å². The molecule has 10 heteroatoms. The number of aromatic nitrogens is 3. The number of imidazole rings is 1. The van der Waals surface area contributed by atoms with E-state index in [1.165, 1.54) is 11.7 Å². The minimum atomic E-state index is -1.01. The van der Waals surface area contributed by atoms with Gasteiger partial charge in [-0.3, -0.25) is 14.6 Å². The molecule has 0 radical (unpaired) electrons. The van der Waals surface area contributed by atoms with E-state index in [1.54, 1.807) is 6.33 Å². The van der Waals surface area contributed by atoms with Crippen LogP contribution < -0.4 is 10.6 Å². The first-order valence-corrected chi connectivity index (χ1v) is 9.20. The second kappa shape index (κ2) is 8.26. The minimum absolute atomic E-state index is 0.231. The fraction of sp³-hybridized carbons (Fsp3) is 0.222. The topological polar surface area (TPSA) is 88.9 Å². The number of nitrogens with one attached hydrogen (secondary N) is 2. The quantitative estimate of drug-likeness (QED) is 0.660. The molecule has 2 heterocycles. The number of anilines is 1. The summed E-state index contributed by atoms with van der Waals surface area (Å²) >= 11 is 1.08. The van der Waals surface area contributed by atoms with Crippen molar-refractivity contribution in [1.29, 1.82) is 0 Å². The van der Waals surface area contributed by atoms with Crippen molar-refractivity contribution < 1.29 is 18.4 Å². The van der Waals surface area contributed by atoms with Gasteiger partial charge in [0, 0.05) is 24.8 Å². The maximum absolute atomic E-state index is 14.1. The number of amides is 2. The number of thiazole rings is 1.